The van der Waals surface area contributed by atoms with Gasteiger partial charge in [0.15, 0.2) is 6.61 Å². The van der Waals surface area contributed by atoms with Crippen molar-refractivity contribution in [1.82, 2.24) is 10.6 Å². The highest BCUT2D eigenvalue weighted by molar-refractivity contribution is 5.77. The molecule has 0 heterocycles. The molecule has 0 bridgehead atoms. The molecule has 2 rings (SSSR count). The van der Waals surface area contributed by atoms with Crippen LogP contribution in [0.4, 0.5) is 4.79 Å². The molecule has 6 nitrogen and oxygen atoms in total. The van der Waals surface area contributed by atoms with Gasteiger partial charge >= 0.3 is 6.09 Å². The molecule has 6 heteroatoms. The van der Waals surface area contributed by atoms with Gasteiger partial charge in [-0.1, -0.05) is 104 Å². The maximum absolute atomic E-state index is 13.0. The number of carbonyl (C=O) groups is 2. The first-order chi connectivity index (χ1) is 19.3. The third kappa shape index (κ3) is 11.7. The van der Waals surface area contributed by atoms with E-state index in [1.807, 2.05) is 20.8 Å². The molecule has 0 aromatic rings. The lowest BCUT2D eigenvalue weighted by atomic mass is 9.75. The Balaban J connectivity index is 2.04. The number of hydrogen-bond acceptors (Lipinski definition) is 4. The maximum atomic E-state index is 13.0. The Bertz CT molecular complexity index is 1160. The van der Waals surface area contributed by atoms with E-state index in [9.17, 15) is 9.59 Å². The van der Waals surface area contributed by atoms with E-state index in [1.54, 1.807) is 0 Å². The highest BCUT2D eigenvalue weighted by atomic mass is 16.6. The second-order valence-electron chi connectivity index (χ2n) is 14.9. The number of nitrogens with one attached hydrogen (secondary N) is 2. The summed E-state index contributed by atoms with van der Waals surface area (Å²) in [6.45, 7) is 23.7. The summed E-state index contributed by atoms with van der Waals surface area (Å²) in [6, 6.07) is 0. The summed E-state index contributed by atoms with van der Waals surface area (Å²) < 4.78 is 11.6. The van der Waals surface area contributed by atoms with Crippen LogP contribution in [0.3, 0.4) is 0 Å². The van der Waals surface area contributed by atoms with Gasteiger partial charge in [-0.05, 0) is 62.5 Å². The van der Waals surface area contributed by atoms with Crippen molar-refractivity contribution >= 4 is 12.0 Å². The van der Waals surface area contributed by atoms with Gasteiger partial charge in [-0.2, -0.15) is 0 Å². The summed E-state index contributed by atoms with van der Waals surface area (Å²) in [4.78, 5) is 25.1. The molecule has 0 radical (unpaired) electrons. The Morgan fingerprint density at radius 3 is 1.98 bits per heavy atom. The van der Waals surface area contributed by atoms with Gasteiger partial charge in [0.05, 0.1) is 0 Å². The van der Waals surface area contributed by atoms with E-state index in [4.69, 9.17) is 9.47 Å². The standard InChI is InChI=1S/C36H56N2O4/c1-12-35(10)19-14-16-27(18-21-35)28-17-15-20-36(11,13-2)22-29(28)41-23-30(39)37-25-33(6,7)24-34(8,9)26-38-31(40)42-32(3,4)5/h14-22H,12-13,23-26H2,1-11H3,(H,37,39)(H,38,40). The van der Waals surface area contributed by atoms with Crippen molar-refractivity contribution in [3.8, 4) is 0 Å². The van der Waals surface area contributed by atoms with E-state index >= 15 is 0 Å². The fourth-order valence-electron chi connectivity index (χ4n) is 5.21. The molecule has 2 atom stereocenters. The molecule has 0 saturated carbocycles. The Labute approximate surface area is 255 Å². The highest BCUT2D eigenvalue weighted by Gasteiger charge is 2.31. The minimum absolute atomic E-state index is 0.00902. The van der Waals surface area contributed by atoms with Crippen molar-refractivity contribution < 1.29 is 19.1 Å². The van der Waals surface area contributed by atoms with Gasteiger partial charge in [0.2, 0.25) is 0 Å². The molecule has 0 spiro atoms. The van der Waals surface area contributed by atoms with Crippen molar-refractivity contribution in [2.75, 3.05) is 19.7 Å². The average Bonchev–Trinajstić information content (AvgIpc) is 3.17. The van der Waals surface area contributed by atoms with Gasteiger partial charge in [-0.15, -0.1) is 0 Å². The molecular weight excluding hydrogens is 524 g/mol. The molecule has 0 aromatic carbocycles. The Hall–Kier alpha value is -3.02. The molecule has 2 aliphatic rings. The quantitative estimate of drug-likeness (QED) is 0.243. The van der Waals surface area contributed by atoms with Crippen molar-refractivity contribution in [3.63, 3.8) is 0 Å². The lowest BCUT2D eigenvalue weighted by molar-refractivity contribution is -0.124. The molecular formula is C36H56N2O4. The SMILES string of the molecule is CCC1(C)C=CC=C(C2=CC=CC(C)(CC)C=C2OCC(=O)NCC(C)(C)CC(C)(C)CNC(=O)OC(C)(C)C)C=C1. The minimum Gasteiger partial charge on any atom is -0.483 e. The molecule has 0 aliphatic heterocycles. The molecule has 42 heavy (non-hydrogen) atoms. The lowest BCUT2D eigenvalue weighted by Crippen LogP contribution is -2.42. The van der Waals surface area contributed by atoms with Gasteiger partial charge in [0, 0.05) is 29.5 Å². The minimum atomic E-state index is -0.536. The van der Waals surface area contributed by atoms with Crippen molar-refractivity contribution in [2.24, 2.45) is 21.7 Å². The summed E-state index contributed by atoms with van der Waals surface area (Å²) in [7, 11) is 0. The van der Waals surface area contributed by atoms with Gasteiger partial charge in [-0.3, -0.25) is 4.79 Å². The van der Waals surface area contributed by atoms with Crippen LogP contribution in [0.5, 0.6) is 0 Å². The first-order valence-electron chi connectivity index (χ1n) is 15.4. The molecule has 2 aliphatic carbocycles. The fourth-order valence-corrected chi connectivity index (χ4v) is 5.21. The van der Waals surface area contributed by atoms with Crippen LogP contribution in [-0.2, 0) is 14.3 Å². The second kappa shape index (κ2) is 14.0. The first kappa shape index (κ1) is 35.2. The average molecular weight is 581 g/mol. The van der Waals surface area contributed by atoms with Gasteiger partial charge in [0.1, 0.15) is 11.4 Å². The van der Waals surface area contributed by atoms with Crippen LogP contribution in [0.1, 0.15) is 95.4 Å². The lowest BCUT2D eigenvalue weighted by Gasteiger charge is -2.35. The molecule has 2 N–H and O–H groups in total. The number of amides is 2. The summed E-state index contributed by atoms with van der Waals surface area (Å²) >= 11 is 0. The van der Waals surface area contributed by atoms with Gasteiger partial charge in [-0.25, -0.2) is 4.79 Å². The van der Waals surface area contributed by atoms with Crippen LogP contribution in [0.2, 0.25) is 0 Å². The predicted octanol–water partition coefficient (Wildman–Crippen LogP) is 8.35. The largest absolute Gasteiger partial charge is 0.483 e. The smallest absolute Gasteiger partial charge is 0.407 e. The van der Waals surface area contributed by atoms with Crippen LogP contribution in [0, 0.1) is 21.7 Å². The second-order valence-corrected chi connectivity index (χ2v) is 14.9. The van der Waals surface area contributed by atoms with E-state index in [-0.39, 0.29) is 34.2 Å². The van der Waals surface area contributed by atoms with Gasteiger partial charge in [0.25, 0.3) is 5.91 Å². The van der Waals surface area contributed by atoms with E-state index in [2.05, 4.69) is 121 Å². The summed E-state index contributed by atoms with van der Waals surface area (Å²) in [5, 5.41) is 5.96. The zero-order valence-electron chi connectivity index (χ0n) is 28.1. The van der Waals surface area contributed by atoms with Crippen LogP contribution < -0.4 is 10.6 Å². The molecule has 0 aromatic heterocycles. The molecule has 0 saturated heterocycles. The predicted molar refractivity (Wildman–Crippen MR) is 174 cm³/mol. The Morgan fingerprint density at radius 1 is 0.810 bits per heavy atom. The summed E-state index contributed by atoms with van der Waals surface area (Å²) in [5.74, 6) is 0.560. The molecule has 2 amide bonds. The summed E-state index contributed by atoms with van der Waals surface area (Å²) in [6.07, 6.45) is 21.7. The number of rotatable bonds is 12. The van der Waals surface area contributed by atoms with Gasteiger partial charge < -0.3 is 20.1 Å². The number of carbonyl (C=O) groups excluding carboxylic acids is 2. The highest BCUT2D eigenvalue weighted by Crippen LogP contribution is 2.36. The fraction of sp³-hybridized carbons (Fsp3) is 0.611. The van der Waals surface area contributed by atoms with Crippen LogP contribution in [-0.4, -0.2) is 37.3 Å². The van der Waals surface area contributed by atoms with Crippen LogP contribution >= 0.6 is 0 Å². The molecule has 0 fully saturated rings. The Morgan fingerprint density at radius 2 is 1.38 bits per heavy atom. The first-order valence-corrected chi connectivity index (χ1v) is 15.4. The Kier molecular flexibility index (Phi) is 11.7. The summed E-state index contributed by atoms with van der Waals surface area (Å²) in [5.41, 5.74) is 0.946. The van der Waals surface area contributed by atoms with Crippen molar-refractivity contribution in [2.45, 2.75) is 101 Å². The zero-order valence-corrected chi connectivity index (χ0v) is 28.1. The number of allylic oxidation sites excluding steroid dienone is 10. The van der Waals surface area contributed by atoms with Crippen LogP contribution in [0.15, 0.2) is 71.6 Å². The monoisotopic (exact) mass is 580 g/mol. The maximum Gasteiger partial charge on any atom is 0.407 e. The number of alkyl carbamates (subject to hydrolysis) is 1. The zero-order chi connectivity index (χ0) is 31.8. The van der Waals surface area contributed by atoms with E-state index in [1.165, 1.54) is 0 Å². The molecule has 234 valence electrons. The normalized spacial score (nSPS) is 22.8. The third-order valence-electron chi connectivity index (χ3n) is 7.89. The van der Waals surface area contributed by atoms with E-state index in [0.29, 0.717) is 13.1 Å². The van der Waals surface area contributed by atoms with Crippen molar-refractivity contribution in [1.29, 1.82) is 0 Å². The molecule has 2 unspecified atom stereocenters. The topological polar surface area (TPSA) is 76.7 Å². The number of ether oxygens (including phenoxy) is 2. The van der Waals surface area contributed by atoms with Crippen molar-refractivity contribution in [3.05, 3.63) is 71.6 Å². The van der Waals surface area contributed by atoms with E-state index < -0.39 is 11.7 Å². The van der Waals surface area contributed by atoms with Crippen LogP contribution in [0.25, 0.3) is 0 Å². The third-order valence-corrected chi connectivity index (χ3v) is 7.89. The van der Waals surface area contributed by atoms with E-state index in [0.717, 1.165) is 36.2 Å². The number of hydrogen-bond donors (Lipinski definition) is 2.